The number of carbonyl (C=O) groups is 5. The van der Waals surface area contributed by atoms with E-state index in [-0.39, 0.29) is 35.6 Å². The Labute approximate surface area is 292 Å². The minimum atomic E-state index is -3.50. The number of amides is 5. The van der Waals surface area contributed by atoms with Crippen molar-refractivity contribution in [3.8, 4) is 0 Å². The van der Waals surface area contributed by atoms with Gasteiger partial charge in [-0.2, -0.15) is 0 Å². The molecule has 0 bridgehead atoms. The summed E-state index contributed by atoms with van der Waals surface area (Å²) in [5.74, 6) is -2.60. The zero-order valence-electron chi connectivity index (χ0n) is 30.8. The molecule has 1 aliphatic heterocycles. The molecule has 3 aliphatic carbocycles. The number of fused-ring (bicyclic) bond motifs is 1. The van der Waals surface area contributed by atoms with Gasteiger partial charge in [0.15, 0.2) is 0 Å². The highest BCUT2D eigenvalue weighted by atomic mass is 32.2. The van der Waals surface area contributed by atoms with Crippen molar-refractivity contribution in [2.45, 2.75) is 130 Å². The molecule has 14 heteroatoms. The molecule has 4 fully saturated rings. The SMILES string of the molecule is CN(C[C@@H](NC(=O)N[C@H](C(=O)N1CC2CC(C)(C)[C@@H]2[C@H]1C(=O)NC(CC1CCC1)C(=O)C(N)=O)C1(C)CCCCC1)C(C)(C)C)S(C)(=O)=O. The Kier molecular flexibility index (Phi) is 11.5. The van der Waals surface area contributed by atoms with E-state index in [9.17, 15) is 32.4 Å². The first-order valence-electron chi connectivity index (χ1n) is 18.0. The van der Waals surface area contributed by atoms with E-state index < -0.39 is 68.6 Å². The summed E-state index contributed by atoms with van der Waals surface area (Å²) in [7, 11) is -2.04. The van der Waals surface area contributed by atoms with Crippen molar-refractivity contribution >= 4 is 39.6 Å². The van der Waals surface area contributed by atoms with Crippen LogP contribution in [0.1, 0.15) is 106 Å². The van der Waals surface area contributed by atoms with Gasteiger partial charge in [0.2, 0.25) is 27.6 Å². The largest absolute Gasteiger partial charge is 0.363 e. The van der Waals surface area contributed by atoms with Crippen molar-refractivity contribution in [2.75, 3.05) is 26.4 Å². The van der Waals surface area contributed by atoms with Crippen molar-refractivity contribution in [1.82, 2.24) is 25.2 Å². The summed E-state index contributed by atoms with van der Waals surface area (Å²) >= 11 is 0. The highest BCUT2D eigenvalue weighted by Gasteiger charge is 2.62. The molecule has 4 aliphatic rings. The number of rotatable bonds is 13. The molecule has 0 aromatic heterocycles. The van der Waals surface area contributed by atoms with E-state index in [1.54, 1.807) is 4.90 Å². The lowest BCUT2D eigenvalue weighted by Crippen LogP contribution is -2.64. The summed E-state index contributed by atoms with van der Waals surface area (Å²) in [5, 5.41) is 8.82. The smallest absolute Gasteiger partial charge is 0.315 e. The van der Waals surface area contributed by atoms with E-state index >= 15 is 0 Å². The number of nitrogens with two attached hydrogens (primary N) is 1. The number of sulfonamides is 1. The maximum absolute atomic E-state index is 14.9. The molecule has 13 nitrogen and oxygen atoms in total. The third-order valence-electron chi connectivity index (χ3n) is 12.1. The molecule has 0 spiro atoms. The number of hydrogen-bond donors (Lipinski definition) is 4. The highest BCUT2D eigenvalue weighted by Crippen LogP contribution is 2.57. The number of likely N-dealkylation sites (tertiary alicyclic amines) is 1. The number of primary amides is 1. The van der Waals surface area contributed by atoms with Crippen LogP contribution in [0.25, 0.3) is 0 Å². The molecule has 4 rings (SSSR count). The Morgan fingerprint density at radius 2 is 1.57 bits per heavy atom. The fraction of sp³-hybridized carbons (Fsp3) is 0.857. The Morgan fingerprint density at radius 1 is 0.959 bits per heavy atom. The van der Waals surface area contributed by atoms with Crippen LogP contribution < -0.4 is 21.7 Å². The average molecular weight is 709 g/mol. The second kappa shape index (κ2) is 14.5. The zero-order chi connectivity index (χ0) is 36.7. The summed E-state index contributed by atoms with van der Waals surface area (Å²) in [5.41, 5.74) is 4.06. The number of urea groups is 1. The van der Waals surface area contributed by atoms with Crippen LogP contribution in [0.15, 0.2) is 0 Å². The molecule has 0 radical (unpaired) electrons. The number of nitrogens with one attached hydrogen (secondary N) is 3. The summed E-state index contributed by atoms with van der Waals surface area (Å²) in [4.78, 5) is 69.3. The second-order valence-corrected chi connectivity index (χ2v) is 19.6. The number of Topliss-reactive ketones (excluding diaryl/α,β-unsaturated/α-hetero) is 1. The summed E-state index contributed by atoms with van der Waals surface area (Å²) in [6.07, 6.45) is 9.37. The lowest BCUT2D eigenvalue weighted by molar-refractivity contribution is -0.146. The third-order valence-corrected chi connectivity index (χ3v) is 13.4. The van der Waals surface area contributed by atoms with Gasteiger partial charge in [0.05, 0.1) is 12.3 Å². The van der Waals surface area contributed by atoms with Gasteiger partial charge in [0.25, 0.3) is 5.91 Å². The van der Waals surface area contributed by atoms with Gasteiger partial charge in [-0.25, -0.2) is 17.5 Å². The van der Waals surface area contributed by atoms with Crippen LogP contribution in [0.4, 0.5) is 4.79 Å². The van der Waals surface area contributed by atoms with E-state index in [0.29, 0.717) is 25.8 Å². The summed E-state index contributed by atoms with van der Waals surface area (Å²) in [6, 6.07) is -4.03. The molecule has 2 unspecified atom stereocenters. The standard InChI is InChI=1S/C35H60N6O7S/c1-33(2,3)24(20-40(7)49(8,47)48)38-32(46)39-28(35(6)15-10-9-11-16-35)31(45)41-19-22-18-34(4,5)25(22)26(41)30(44)37-23(27(42)29(36)43)17-21-13-12-14-21/h21-26,28H,9-20H2,1-8H3,(H2,36,43)(H,37,44)(H2,38,39,46)/t22?,23?,24-,25+,26+,28-/m1/s1. The molecule has 5 N–H and O–H groups in total. The summed E-state index contributed by atoms with van der Waals surface area (Å²) in [6.45, 7) is 12.3. The van der Waals surface area contributed by atoms with Crippen molar-refractivity contribution in [3.63, 3.8) is 0 Å². The van der Waals surface area contributed by atoms with Gasteiger partial charge in [-0.15, -0.1) is 0 Å². The van der Waals surface area contributed by atoms with E-state index in [4.69, 9.17) is 5.73 Å². The predicted octanol–water partition coefficient (Wildman–Crippen LogP) is 2.53. The van der Waals surface area contributed by atoms with E-state index in [1.165, 1.54) is 11.4 Å². The van der Waals surface area contributed by atoms with Gasteiger partial charge >= 0.3 is 6.03 Å². The molecule has 49 heavy (non-hydrogen) atoms. The van der Waals surface area contributed by atoms with Crippen molar-refractivity contribution in [3.05, 3.63) is 0 Å². The van der Waals surface area contributed by atoms with E-state index in [0.717, 1.165) is 51.2 Å². The van der Waals surface area contributed by atoms with Crippen LogP contribution in [0.3, 0.4) is 0 Å². The molecule has 1 heterocycles. The molecule has 3 saturated carbocycles. The maximum Gasteiger partial charge on any atom is 0.315 e. The van der Waals surface area contributed by atoms with Crippen LogP contribution in [0, 0.1) is 34.0 Å². The zero-order valence-corrected chi connectivity index (χ0v) is 31.6. The fourth-order valence-electron chi connectivity index (χ4n) is 8.70. The van der Waals surface area contributed by atoms with Gasteiger partial charge < -0.3 is 26.6 Å². The minimum absolute atomic E-state index is 0.0461. The Morgan fingerprint density at radius 3 is 2.06 bits per heavy atom. The highest BCUT2D eigenvalue weighted by molar-refractivity contribution is 7.88. The second-order valence-electron chi connectivity index (χ2n) is 17.5. The first-order chi connectivity index (χ1) is 22.5. The summed E-state index contributed by atoms with van der Waals surface area (Å²) < 4.78 is 25.6. The average Bonchev–Trinajstić information content (AvgIpc) is 3.30. The Hall–Kier alpha value is -2.74. The number of hydrogen-bond acceptors (Lipinski definition) is 7. The molecule has 5 amide bonds. The molecule has 0 aromatic carbocycles. The first-order valence-corrected chi connectivity index (χ1v) is 19.8. The third kappa shape index (κ3) is 8.77. The first kappa shape index (κ1) is 39.1. The maximum atomic E-state index is 14.9. The van der Waals surface area contributed by atoms with E-state index in [2.05, 4.69) is 29.8 Å². The van der Waals surface area contributed by atoms with Gasteiger partial charge in [0.1, 0.15) is 12.1 Å². The lowest BCUT2D eigenvalue weighted by Gasteiger charge is -2.49. The molecular formula is C35H60N6O7S. The monoisotopic (exact) mass is 708 g/mol. The van der Waals surface area contributed by atoms with Gasteiger partial charge in [-0.1, -0.05) is 80.1 Å². The van der Waals surface area contributed by atoms with Crippen LogP contribution in [0.2, 0.25) is 0 Å². The molecule has 6 atom stereocenters. The lowest BCUT2D eigenvalue weighted by atomic mass is 9.55. The molecule has 278 valence electrons. The van der Waals surface area contributed by atoms with Crippen molar-refractivity contribution in [1.29, 1.82) is 0 Å². The van der Waals surface area contributed by atoms with Crippen LogP contribution >= 0.6 is 0 Å². The predicted molar refractivity (Wildman–Crippen MR) is 186 cm³/mol. The molecule has 1 saturated heterocycles. The van der Waals surface area contributed by atoms with E-state index in [1.807, 2.05) is 27.7 Å². The fourth-order valence-corrected chi connectivity index (χ4v) is 9.12. The van der Waals surface area contributed by atoms with Gasteiger partial charge in [0, 0.05) is 26.2 Å². The molecule has 0 aromatic rings. The van der Waals surface area contributed by atoms with Crippen molar-refractivity contribution < 1.29 is 32.4 Å². The normalized spacial score (nSPS) is 26.7. The van der Waals surface area contributed by atoms with Gasteiger partial charge in [-0.3, -0.25) is 19.2 Å². The topological polar surface area (TPSA) is 188 Å². The molecular weight excluding hydrogens is 648 g/mol. The Balaban J connectivity index is 1.63. The van der Waals surface area contributed by atoms with Gasteiger partial charge in [-0.05, 0) is 59.7 Å². The number of carbonyl (C=O) groups excluding carboxylic acids is 5. The Bertz CT molecular complexity index is 1400. The number of nitrogens with zero attached hydrogens (tertiary/aromatic N) is 2. The minimum Gasteiger partial charge on any atom is -0.363 e. The van der Waals surface area contributed by atoms with Crippen LogP contribution in [-0.4, -0.2) is 97.7 Å². The van der Waals surface area contributed by atoms with Crippen LogP contribution in [0.5, 0.6) is 0 Å². The van der Waals surface area contributed by atoms with Crippen molar-refractivity contribution in [2.24, 2.45) is 39.7 Å². The van der Waals surface area contributed by atoms with Crippen LogP contribution in [-0.2, 0) is 29.2 Å². The number of likely N-dealkylation sites (N-methyl/N-ethyl adjacent to an activating group) is 1. The number of ketones is 1. The quantitative estimate of drug-likeness (QED) is 0.212.